The third kappa shape index (κ3) is 4.90. The van der Waals surface area contributed by atoms with Crippen molar-refractivity contribution in [1.82, 2.24) is 0 Å². The first kappa shape index (κ1) is 18.7. The number of carbonyl (C=O) groups excluding carboxylic acids is 1. The van der Waals surface area contributed by atoms with Crippen LogP contribution in [-0.2, 0) is 10.4 Å². The molecule has 0 heterocycles. The summed E-state index contributed by atoms with van der Waals surface area (Å²) in [6.07, 6.45) is 0. The van der Waals surface area contributed by atoms with Crippen LogP contribution in [0, 0.1) is 0 Å². The van der Waals surface area contributed by atoms with Crippen LogP contribution in [0.25, 0.3) is 0 Å². The smallest absolute Gasteiger partial charge is 0.446 e. The minimum Gasteiger partial charge on any atom is -0.464 e. The lowest BCUT2D eigenvalue weighted by Gasteiger charge is -2.15. The fraction of sp³-hybridized carbons (Fsp3) is 0.133. The van der Waals surface area contributed by atoms with E-state index in [2.05, 4.69) is 4.18 Å². The van der Waals surface area contributed by atoms with Crippen molar-refractivity contribution in [2.75, 3.05) is 13.6 Å². The van der Waals surface area contributed by atoms with Crippen molar-refractivity contribution in [2.24, 2.45) is 0 Å². The molecule has 0 spiro atoms. The average Bonchev–Trinajstić information content (AvgIpc) is 2.56. The van der Waals surface area contributed by atoms with Crippen molar-refractivity contribution in [3.8, 4) is 17.2 Å². The van der Waals surface area contributed by atoms with Gasteiger partial charge in [-0.2, -0.15) is 8.42 Å². The molecule has 3 N–H and O–H groups in total. The van der Waals surface area contributed by atoms with Crippen LogP contribution in [0.3, 0.4) is 0 Å². The average molecular weight is 370 g/mol. The van der Waals surface area contributed by atoms with Gasteiger partial charge in [0.15, 0.2) is 30.9 Å². The number of carbonyl (C=O) groups is 1. The molecule has 25 heavy (non-hydrogen) atoms. The van der Waals surface area contributed by atoms with Gasteiger partial charge < -0.3 is 23.9 Å². The van der Waals surface area contributed by atoms with Gasteiger partial charge in [0.25, 0.3) is 0 Å². The highest BCUT2D eigenvalue weighted by molar-refractivity contribution is 7.81. The quantitative estimate of drug-likeness (QED) is 0.349. The van der Waals surface area contributed by atoms with Crippen LogP contribution in [0.4, 0.5) is 0 Å². The van der Waals surface area contributed by atoms with Gasteiger partial charge in [0.2, 0.25) is 0 Å². The molecule has 0 aromatic heterocycles. The lowest BCUT2D eigenvalue weighted by molar-refractivity contribution is 0.0727. The molecule has 0 saturated carbocycles. The predicted molar refractivity (Wildman–Crippen MR) is 83.9 cm³/mol. The number of rotatable bonds is 8. The van der Waals surface area contributed by atoms with E-state index in [4.69, 9.17) is 24.2 Å². The highest BCUT2D eigenvalue weighted by Gasteiger charge is 2.23. The Labute approximate surface area is 143 Å². The summed E-state index contributed by atoms with van der Waals surface area (Å²) in [6.45, 7) is -1.63. The number of ketones is 1. The van der Waals surface area contributed by atoms with E-state index in [1.54, 1.807) is 18.2 Å². The van der Waals surface area contributed by atoms with E-state index >= 15 is 0 Å². The molecule has 2 aromatic carbocycles. The van der Waals surface area contributed by atoms with Crippen molar-refractivity contribution in [2.45, 2.75) is 0 Å². The molecule has 134 valence electrons. The summed E-state index contributed by atoms with van der Waals surface area (Å²) in [5.41, 5.74) is 0.0362. The number of aliphatic hydroxyl groups is 2. The molecular weight excluding hydrogens is 356 g/mol. The van der Waals surface area contributed by atoms with E-state index in [1.807, 2.05) is 0 Å². The minimum absolute atomic E-state index is 0.204. The molecule has 0 amide bonds. The van der Waals surface area contributed by atoms with Crippen LogP contribution in [0.15, 0.2) is 42.5 Å². The molecule has 2 rings (SSSR count). The highest BCUT2D eigenvalue weighted by atomic mass is 32.3. The van der Waals surface area contributed by atoms with Gasteiger partial charge in [0.1, 0.15) is 5.75 Å². The van der Waals surface area contributed by atoms with Crippen LogP contribution in [0.5, 0.6) is 17.2 Å². The molecule has 2 aromatic rings. The Morgan fingerprint density at radius 2 is 1.64 bits per heavy atom. The molecule has 0 unspecified atom stereocenters. The Morgan fingerprint density at radius 1 is 1.00 bits per heavy atom. The minimum atomic E-state index is -4.86. The van der Waals surface area contributed by atoms with Gasteiger partial charge in [0.05, 0.1) is 5.56 Å². The standard InChI is InChI=1S/C15H14O9S/c16-8-22-13-7-11(24-25(19,20)21)6-12(15(13)23-9-17)14(18)10-4-2-1-3-5-10/h1-7,16-17H,8-9H2,(H,19,20,21). The van der Waals surface area contributed by atoms with Crippen molar-refractivity contribution < 1.29 is 41.6 Å². The first-order valence-electron chi connectivity index (χ1n) is 6.77. The Kier molecular flexibility index (Phi) is 5.93. The van der Waals surface area contributed by atoms with E-state index in [0.29, 0.717) is 0 Å². The van der Waals surface area contributed by atoms with Crippen molar-refractivity contribution in [3.05, 3.63) is 53.6 Å². The lowest BCUT2D eigenvalue weighted by atomic mass is 10.0. The highest BCUT2D eigenvalue weighted by Crippen LogP contribution is 2.37. The second-order valence-corrected chi connectivity index (χ2v) is 5.57. The first-order valence-corrected chi connectivity index (χ1v) is 8.14. The summed E-state index contributed by atoms with van der Waals surface area (Å²) >= 11 is 0. The lowest BCUT2D eigenvalue weighted by Crippen LogP contribution is -2.11. The van der Waals surface area contributed by atoms with Gasteiger partial charge in [-0.25, -0.2) is 0 Å². The zero-order valence-electron chi connectivity index (χ0n) is 12.7. The summed E-state index contributed by atoms with van der Waals surface area (Å²) in [6, 6.07) is 9.91. The van der Waals surface area contributed by atoms with Crippen LogP contribution in [0.1, 0.15) is 15.9 Å². The summed E-state index contributed by atoms with van der Waals surface area (Å²) in [5, 5.41) is 18.0. The topological polar surface area (TPSA) is 140 Å². The van der Waals surface area contributed by atoms with Crippen LogP contribution in [0.2, 0.25) is 0 Å². The second kappa shape index (κ2) is 7.94. The summed E-state index contributed by atoms with van der Waals surface area (Å²) in [4.78, 5) is 12.7. The van der Waals surface area contributed by atoms with E-state index in [1.165, 1.54) is 12.1 Å². The summed E-state index contributed by atoms with van der Waals surface area (Å²) < 4.78 is 44.9. The zero-order chi connectivity index (χ0) is 18.4. The van der Waals surface area contributed by atoms with Gasteiger partial charge in [0, 0.05) is 11.6 Å². The largest absolute Gasteiger partial charge is 0.464 e. The molecule has 0 bridgehead atoms. The number of hydrogen-bond donors (Lipinski definition) is 3. The van der Waals surface area contributed by atoms with Crippen LogP contribution >= 0.6 is 0 Å². The molecule has 0 fully saturated rings. The van der Waals surface area contributed by atoms with Gasteiger partial charge in [-0.05, 0) is 6.07 Å². The molecule has 0 saturated heterocycles. The monoisotopic (exact) mass is 370 g/mol. The molecule has 0 atom stereocenters. The Morgan fingerprint density at radius 3 is 2.20 bits per heavy atom. The molecular formula is C15H14O9S. The second-order valence-electron chi connectivity index (χ2n) is 4.55. The third-order valence-corrected chi connectivity index (χ3v) is 3.34. The van der Waals surface area contributed by atoms with E-state index < -0.39 is 35.5 Å². The zero-order valence-corrected chi connectivity index (χ0v) is 13.5. The van der Waals surface area contributed by atoms with E-state index in [9.17, 15) is 13.2 Å². The summed E-state index contributed by atoms with van der Waals surface area (Å²) in [5.74, 6) is -1.53. The molecule has 0 aliphatic rings. The SMILES string of the molecule is O=C(c1ccccc1)c1cc(OS(=O)(=O)O)cc(OCO)c1OCO. The summed E-state index contributed by atoms with van der Waals surface area (Å²) in [7, 11) is -4.86. The van der Waals surface area contributed by atoms with Gasteiger partial charge in [-0.15, -0.1) is 0 Å². The molecule has 10 heteroatoms. The van der Waals surface area contributed by atoms with Gasteiger partial charge >= 0.3 is 10.4 Å². The predicted octanol–water partition coefficient (Wildman–Crippen LogP) is 0.756. The molecule has 0 radical (unpaired) electrons. The van der Waals surface area contributed by atoms with Crippen molar-refractivity contribution in [1.29, 1.82) is 0 Å². The fourth-order valence-electron chi connectivity index (χ4n) is 2.05. The van der Waals surface area contributed by atoms with E-state index in [0.717, 1.165) is 12.1 Å². The Hall–Kier alpha value is -2.66. The van der Waals surface area contributed by atoms with Gasteiger partial charge in [-0.1, -0.05) is 30.3 Å². The van der Waals surface area contributed by atoms with Gasteiger partial charge in [-0.3, -0.25) is 9.35 Å². The van der Waals surface area contributed by atoms with E-state index in [-0.39, 0.29) is 22.6 Å². The fourth-order valence-corrected chi connectivity index (χ4v) is 2.39. The number of hydrogen-bond acceptors (Lipinski definition) is 8. The molecule has 0 aliphatic carbocycles. The molecule has 9 nitrogen and oxygen atoms in total. The third-order valence-electron chi connectivity index (χ3n) is 2.94. The van der Waals surface area contributed by atoms with Crippen LogP contribution < -0.4 is 13.7 Å². The first-order chi connectivity index (χ1) is 11.9. The normalized spacial score (nSPS) is 11.0. The molecule has 0 aliphatic heterocycles. The van der Waals surface area contributed by atoms with Crippen molar-refractivity contribution in [3.63, 3.8) is 0 Å². The Bertz CT molecular complexity index is 847. The van der Waals surface area contributed by atoms with Crippen LogP contribution in [-0.4, -0.2) is 42.6 Å². The maximum Gasteiger partial charge on any atom is 0.446 e. The van der Waals surface area contributed by atoms with Crippen molar-refractivity contribution >= 4 is 16.2 Å². The maximum atomic E-state index is 12.7. The number of benzene rings is 2. The number of aliphatic hydroxyl groups excluding tert-OH is 2. The number of ether oxygens (including phenoxy) is 2. The maximum absolute atomic E-state index is 12.7. The Balaban J connectivity index is 2.62.